The van der Waals surface area contributed by atoms with Gasteiger partial charge in [0.2, 0.25) is 11.8 Å². The molecule has 2 atom stereocenters. The number of likely N-dealkylation sites (N-methyl/N-ethyl adjacent to an activating group) is 1. The van der Waals surface area contributed by atoms with Crippen LogP contribution in [0.5, 0.6) is 0 Å². The molecule has 0 bridgehead atoms. The zero-order valence-electron chi connectivity index (χ0n) is 22.9. The van der Waals surface area contributed by atoms with E-state index >= 15 is 0 Å². The molecule has 0 fully saturated rings. The fraction of sp³-hybridized carbons (Fsp3) is 0.448. The van der Waals surface area contributed by atoms with Crippen LogP contribution in [0.2, 0.25) is 0 Å². The SMILES string of the molecule is CCOC(=O)CCNC(=O)C(c1ccccc1)N(CC)C(=O)C(Cc1ccccc1)NC(=O)OC(C)(C)C. The molecule has 38 heavy (non-hydrogen) atoms. The van der Waals surface area contributed by atoms with Crippen LogP contribution in [0, 0.1) is 0 Å². The molecule has 0 saturated carbocycles. The van der Waals surface area contributed by atoms with Gasteiger partial charge >= 0.3 is 12.1 Å². The lowest BCUT2D eigenvalue weighted by Crippen LogP contribution is -2.53. The van der Waals surface area contributed by atoms with Gasteiger partial charge in [-0.15, -0.1) is 0 Å². The molecule has 0 aliphatic heterocycles. The lowest BCUT2D eigenvalue weighted by Gasteiger charge is -2.33. The molecule has 0 heterocycles. The van der Waals surface area contributed by atoms with E-state index in [2.05, 4.69) is 10.6 Å². The van der Waals surface area contributed by atoms with E-state index in [9.17, 15) is 19.2 Å². The summed E-state index contributed by atoms with van der Waals surface area (Å²) in [6.07, 6.45) is -0.502. The molecule has 2 rings (SSSR count). The van der Waals surface area contributed by atoms with Gasteiger partial charge in [0.05, 0.1) is 13.0 Å². The van der Waals surface area contributed by atoms with Crippen molar-refractivity contribution in [3.8, 4) is 0 Å². The smallest absolute Gasteiger partial charge is 0.408 e. The Balaban J connectivity index is 2.35. The predicted octanol–water partition coefficient (Wildman–Crippen LogP) is 3.78. The van der Waals surface area contributed by atoms with Gasteiger partial charge in [-0.3, -0.25) is 14.4 Å². The number of carbonyl (C=O) groups is 4. The van der Waals surface area contributed by atoms with Crippen molar-refractivity contribution < 1.29 is 28.7 Å². The Morgan fingerprint density at radius 3 is 2.08 bits per heavy atom. The van der Waals surface area contributed by atoms with Gasteiger partial charge in [-0.2, -0.15) is 0 Å². The topological polar surface area (TPSA) is 114 Å². The Morgan fingerprint density at radius 2 is 1.53 bits per heavy atom. The van der Waals surface area contributed by atoms with E-state index in [0.29, 0.717) is 5.56 Å². The van der Waals surface area contributed by atoms with E-state index in [0.717, 1.165) is 5.56 Å². The molecule has 2 aromatic rings. The number of alkyl carbamates (subject to hydrolysis) is 1. The maximum Gasteiger partial charge on any atom is 0.408 e. The van der Waals surface area contributed by atoms with Gasteiger partial charge in [-0.05, 0) is 45.7 Å². The summed E-state index contributed by atoms with van der Waals surface area (Å²) in [6, 6.07) is 16.3. The maximum absolute atomic E-state index is 14.0. The Labute approximate surface area is 224 Å². The van der Waals surface area contributed by atoms with E-state index in [1.54, 1.807) is 58.9 Å². The van der Waals surface area contributed by atoms with Crippen LogP contribution in [0.1, 0.15) is 58.2 Å². The quantitative estimate of drug-likeness (QED) is 0.408. The number of ether oxygens (including phenoxy) is 2. The highest BCUT2D eigenvalue weighted by Gasteiger charge is 2.35. The van der Waals surface area contributed by atoms with E-state index in [1.807, 2.05) is 36.4 Å². The van der Waals surface area contributed by atoms with E-state index in [1.165, 1.54) is 4.90 Å². The summed E-state index contributed by atoms with van der Waals surface area (Å²) in [7, 11) is 0. The van der Waals surface area contributed by atoms with Crippen molar-refractivity contribution in [2.75, 3.05) is 19.7 Å². The molecule has 0 aromatic heterocycles. The van der Waals surface area contributed by atoms with Crippen LogP contribution in [0.4, 0.5) is 4.79 Å². The third kappa shape index (κ3) is 9.88. The summed E-state index contributed by atoms with van der Waals surface area (Å²) >= 11 is 0. The lowest BCUT2D eigenvalue weighted by atomic mass is 10.0. The van der Waals surface area contributed by atoms with Crippen LogP contribution in [-0.4, -0.2) is 60.1 Å². The highest BCUT2D eigenvalue weighted by molar-refractivity contribution is 5.92. The molecular weight excluding hydrogens is 486 g/mol. The Kier molecular flexibility index (Phi) is 11.8. The molecule has 2 N–H and O–H groups in total. The molecule has 2 aromatic carbocycles. The molecule has 9 nitrogen and oxygen atoms in total. The van der Waals surface area contributed by atoms with Crippen LogP contribution < -0.4 is 10.6 Å². The fourth-order valence-electron chi connectivity index (χ4n) is 3.89. The highest BCUT2D eigenvalue weighted by Crippen LogP contribution is 2.23. The summed E-state index contributed by atoms with van der Waals surface area (Å²) in [5, 5.41) is 5.46. The van der Waals surface area contributed by atoms with Gasteiger partial charge in [0, 0.05) is 19.5 Å². The Morgan fingerprint density at radius 1 is 0.921 bits per heavy atom. The number of nitrogens with one attached hydrogen (secondary N) is 2. The average Bonchev–Trinajstić information content (AvgIpc) is 2.86. The minimum absolute atomic E-state index is 0.0119. The minimum Gasteiger partial charge on any atom is -0.466 e. The van der Waals surface area contributed by atoms with Crippen LogP contribution in [0.15, 0.2) is 60.7 Å². The monoisotopic (exact) mass is 525 g/mol. The lowest BCUT2D eigenvalue weighted by molar-refractivity contribution is -0.144. The first-order valence-electron chi connectivity index (χ1n) is 12.9. The second-order valence-electron chi connectivity index (χ2n) is 9.67. The van der Waals surface area contributed by atoms with Crippen LogP contribution >= 0.6 is 0 Å². The van der Waals surface area contributed by atoms with Crippen molar-refractivity contribution in [3.63, 3.8) is 0 Å². The third-order valence-electron chi connectivity index (χ3n) is 5.50. The standard InChI is InChI=1S/C29H39N3O6/c1-6-32(25(22-16-12-9-13-17-22)26(34)30-19-18-24(33)37-7-2)27(35)23(20-21-14-10-8-11-15-21)31-28(36)38-29(3,4)5/h8-17,23,25H,6-7,18-20H2,1-5H3,(H,30,34)(H,31,36). The fourth-order valence-corrected chi connectivity index (χ4v) is 3.89. The summed E-state index contributed by atoms with van der Waals surface area (Å²) in [4.78, 5) is 53.2. The molecule has 2 unspecified atom stereocenters. The van der Waals surface area contributed by atoms with E-state index in [-0.39, 0.29) is 32.5 Å². The van der Waals surface area contributed by atoms with Crippen molar-refractivity contribution in [3.05, 3.63) is 71.8 Å². The van der Waals surface area contributed by atoms with Crippen molar-refractivity contribution in [2.24, 2.45) is 0 Å². The molecule has 9 heteroatoms. The second-order valence-corrected chi connectivity index (χ2v) is 9.67. The van der Waals surface area contributed by atoms with Crippen molar-refractivity contribution in [2.45, 2.75) is 65.1 Å². The third-order valence-corrected chi connectivity index (χ3v) is 5.50. The number of amides is 3. The van der Waals surface area contributed by atoms with Gasteiger partial charge < -0.3 is 25.0 Å². The summed E-state index contributed by atoms with van der Waals surface area (Å²) < 4.78 is 10.3. The number of esters is 1. The summed E-state index contributed by atoms with van der Waals surface area (Å²) in [5.74, 6) is -1.29. The van der Waals surface area contributed by atoms with Gasteiger partial charge in [0.25, 0.3) is 0 Å². The van der Waals surface area contributed by atoms with Gasteiger partial charge in [-0.25, -0.2) is 4.79 Å². The number of hydrogen-bond acceptors (Lipinski definition) is 6. The largest absolute Gasteiger partial charge is 0.466 e. The average molecular weight is 526 g/mol. The van der Waals surface area contributed by atoms with Crippen LogP contribution in [0.3, 0.4) is 0 Å². The molecule has 0 radical (unpaired) electrons. The van der Waals surface area contributed by atoms with Crippen molar-refractivity contribution in [1.82, 2.24) is 15.5 Å². The molecule has 0 aliphatic carbocycles. The second kappa shape index (κ2) is 14.8. The highest BCUT2D eigenvalue weighted by atomic mass is 16.6. The number of carbonyl (C=O) groups excluding carboxylic acids is 4. The molecule has 0 spiro atoms. The first kappa shape index (κ1) is 30.3. The van der Waals surface area contributed by atoms with Gasteiger partial charge in [-0.1, -0.05) is 60.7 Å². The molecule has 0 saturated heterocycles. The van der Waals surface area contributed by atoms with Crippen molar-refractivity contribution in [1.29, 1.82) is 0 Å². The Hall–Kier alpha value is -3.88. The van der Waals surface area contributed by atoms with Gasteiger partial charge in [0.15, 0.2) is 0 Å². The normalized spacial score (nSPS) is 12.6. The van der Waals surface area contributed by atoms with E-state index < -0.39 is 41.6 Å². The molecule has 206 valence electrons. The number of benzene rings is 2. The molecular formula is C29H39N3O6. The number of nitrogens with zero attached hydrogens (tertiary/aromatic N) is 1. The minimum atomic E-state index is -0.981. The van der Waals surface area contributed by atoms with Crippen LogP contribution in [0.25, 0.3) is 0 Å². The van der Waals surface area contributed by atoms with Crippen molar-refractivity contribution >= 4 is 23.9 Å². The molecule has 3 amide bonds. The zero-order chi connectivity index (χ0) is 28.1. The maximum atomic E-state index is 14.0. The van der Waals surface area contributed by atoms with E-state index in [4.69, 9.17) is 9.47 Å². The number of rotatable bonds is 12. The van der Waals surface area contributed by atoms with Gasteiger partial charge in [0.1, 0.15) is 17.7 Å². The molecule has 0 aliphatic rings. The number of hydrogen-bond donors (Lipinski definition) is 2. The first-order valence-corrected chi connectivity index (χ1v) is 12.9. The first-order chi connectivity index (χ1) is 18.1. The predicted molar refractivity (Wildman–Crippen MR) is 144 cm³/mol. The summed E-state index contributed by atoms with van der Waals surface area (Å²) in [5.41, 5.74) is 0.695. The Bertz CT molecular complexity index is 1050. The summed E-state index contributed by atoms with van der Waals surface area (Å²) in [6.45, 7) is 9.23. The zero-order valence-corrected chi connectivity index (χ0v) is 22.9. The van der Waals surface area contributed by atoms with Crippen LogP contribution in [-0.2, 0) is 30.3 Å².